The highest BCUT2D eigenvalue weighted by molar-refractivity contribution is 7.80. The van der Waals surface area contributed by atoms with Crippen LogP contribution in [0.3, 0.4) is 0 Å². The van der Waals surface area contributed by atoms with E-state index in [-0.39, 0.29) is 11.0 Å². The quantitative estimate of drug-likeness (QED) is 0.836. The van der Waals surface area contributed by atoms with E-state index in [0.29, 0.717) is 16.6 Å². The second-order valence-electron chi connectivity index (χ2n) is 3.46. The number of nitrogens with zero attached hydrogens (tertiary/aromatic N) is 1. The molecule has 0 unspecified atom stereocenters. The van der Waals surface area contributed by atoms with Gasteiger partial charge in [-0.25, -0.2) is 4.98 Å². The van der Waals surface area contributed by atoms with Crippen molar-refractivity contribution in [3.05, 3.63) is 23.2 Å². The number of hydrogen-bond donors (Lipinski definition) is 2. The van der Waals surface area contributed by atoms with Crippen LogP contribution in [0.25, 0.3) is 10.2 Å². The molecule has 0 fully saturated rings. The zero-order chi connectivity index (χ0) is 13.1. The summed E-state index contributed by atoms with van der Waals surface area (Å²) in [6.07, 6.45) is 0.382. The number of aromatic nitrogens is 1. The Morgan fingerprint density at radius 2 is 2.33 bits per heavy atom. The molecule has 0 atom stereocenters. The summed E-state index contributed by atoms with van der Waals surface area (Å²) in [7, 11) is 0. The first-order chi connectivity index (χ1) is 8.60. The van der Waals surface area contributed by atoms with Gasteiger partial charge in [-0.1, -0.05) is 35.9 Å². The normalized spacial score (nSPS) is 10.3. The van der Waals surface area contributed by atoms with Crippen molar-refractivity contribution in [1.82, 2.24) is 10.3 Å². The van der Waals surface area contributed by atoms with Crippen LogP contribution < -0.4 is 10.6 Å². The fourth-order valence-electron chi connectivity index (χ4n) is 1.31. The molecule has 0 aliphatic heterocycles. The van der Waals surface area contributed by atoms with Crippen molar-refractivity contribution in [3.63, 3.8) is 0 Å². The fraction of sp³-hybridized carbons (Fsp3) is 0.182. The zero-order valence-corrected chi connectivity index (χ0v) is 11.9. The first-order valence-corrected chi connectivity index (χ1v) is 6.86. The van der Waals surface area contributed by atoms with Gasteiger partial charge in [-0.3, -0.25) is 4.79 Å². The maximum atomic E-state index is 11.2. The summed E-state index contributed by atoms with van der Waals surface area (Å²) in [6.45, 7) is 1.76. The molecule has 18 heavy (non-hydrogen) atoms. The van der Waals surface area contributed by atoms with Crippen LogP contribution in [0.15, 0.2) is 18.2 Å². The minimum atomic E-state index is -0.133. The monoisotopic (exact) mass is 299 g/mol. The number of carbonyl (C=O) groups is 1. The molecule has 94 valence electrons. The number of amides is 1. The Morgan fingerprint density at radius 3 is 3.00 bits per heavy atom. The number of benzene rings is 1. The van der Waals surface area contributed by atoms with Gasteiger partial charge in [0.2, 0.25) is 5.91 Å². The number of halogens is 1. The van der Waals surface area contributed by atoms with Gasteiger partial charge in [0.1, 0.15) is 5.52 Å². The predicted molar refractivity (Wildman–Crippen MR) is 79.3 cm³/mol. The van der Waals surface area contributed by atoms with E-state index in [9.17, 15) is 4.79 Å². The second kappa shape index (κ2) is 5.60. The second-order valence-corrected chi connectivity index (χ2v) is 5.31. The third-order valence-corrected chi connectivity index (χ3v) is 3.61. The molecule has 1 aromatic carbocycles. The Kier molecular flexibility index (Phi) is 4.11. The summed E-state index contributed by atoms with van der Waals surface area (Å²) in [6, 6.07) is 5.58. The van der Waals surface area contributed by atoms with Crippen molar-refractivity contribution in [1.29, 1.82) is 0 Å². The number of thiazole rings is 1. The number of hydrogen-bond acceptors (Lipinski definition) is 4. The number of thiocarbonyl (C=S) groups is 1. The summed E-state index contributed by atoms with van der Waals surface area (Å²) in [4.78, 5) is 15.5. The summed E-state index contributed by atoms with van der Waals surface area (Å²) in [5.41, 5.74) is 0.733. The minimum absolute atomic E-state index is 0.133. The van der Waals surface area contributed by atoms with Crippen LogP contribution in [-0.2, 0) is 4.79 Å². The summed E-state index contributed by atoms with van der Waals surface area (Å²) >= 11 is 12.5. The van der Waals surface area contributed by atoms with Gasteiger partial charge in [0.25, 0.3) is 0 Å². The number of anilines is 1. The molecule has 1 aromatic heterocycles. The third kappa shape index (κ3) is 2.95. The number of fused-ring (bicyclic) bond motifs is 1. The minimum Gasteiger partial charge on any atom is -0.308 e. The Balaban J connectivity index is 2.15. The van der Waals surface area contributed by atoms with Gasteiger partial charge < -0.3 is 10.6 Å². The molecular weight excluding hydrogens is 290 g/mol. The lowest BCUT2D eigenvalue weighted by Gasteiger charge is -2.04. The number of nitrogens with one attached hydrogen (secondary N) is 2. The summed E-state index contributed by atoms with van der Waals surface area (Å²) < 4.78 is 0.967. The SMILES string of the molecule is CCC(=O)NC(=S)Nc1nc2c(Cl)cccc2s1. The molecule has 2 aromatic rings. The van der Waals surface area contributed by atoms with Crippen LogP contribution in [0.5, 0.6) is 0 Å². The zero-order valence-electron chi connectivity index (χ0n) is 9.49. The van der Waals surface area contributed by atoms with Gasteiger partial charge in [-0.2, -0.15) is 0 Å². The Labute approximate surface area is 118 Å². The maximum absolute atomic E-state index is 11.2. The van der Waals surface area contributed by atoms with Gasteiger partial charge in [0.15, 0.2) is 10.2 Å². The van der Waals surface area contributed by atoms with E-state index < -0.39 is 0 Å². The molecule has 0 bridgehead atoms. The first-order valence-electron chi connectivity index (χ1n) is 5.26. The summed E-state index contributed by atoms with van der Waals surface area (Å²) in [5, 5.41) is 6.88. The van der Waals surface area contributed by atoms with Crippen LogP contribution in [0.2, 0.25) is 5.02 Å². The third-order valence-electron chi connectivity index (χ3n) is 2.16. The van der Waals surface area contributed by atoms with E-state index in [4.69, 9.17) is 23.8 Å². The van der Waals surface area contributed by atoms with E-state index in [1.165, 1.54) is 11.3 Å². The predicted octanol–water partition coefficient (Wildman–Crippen LogP) is 3.17. The van der Waals surface area contributed by atoms with Crippen LogP contribution >= 0.6 is 35.2 Å². The van der Waals surface area contributed by atoms with Crippen molar-refractivity contribution in [2.45, 2.75) is 13.3 Å². The molecule has 4 nitrogen and oxygen atoms in total. The maximum Gasteiger partial charge on any atom is 0.225 e. The smallest absolute Gasteiger partial charge is 0.225 e. The highest BCUT2D eigenvalue weighted by Crippen LogP contribution is 2.30. The van der Waals surface area contributed by atoms with Gasteiger partial charge >= 0.3 is 0 Å². The van der Waals surface area contributed by atoms with E-state index in [0.717, 1.165) is 10.2 Å². The van der Waals surface area contributed by atoms with Gasteiger partial charge in [0.05, 0.1) is 9.72 Å². The molecule has 1 heterocycles. The lowest BCUT2D eigenvalue weighted by molar-refractivity contribution is -0.119. The van der Waals surface area contributed by atoms with E-state index in [2.05, 4.69) is 15.6 Å². The average Bonchev–Trinajstić information content (AvgIpc) is 2.72. The molecule has 0 spiro atoms. The average molecular weight is 300 g/mol. The lowest BCUT2D eigenvalue weighted by Crippen LogP contribution is -2.33. The van der Waals surface area contributed by atoms with Gasteiger partial charge in [-0.15, -0.1) is 0 Å². The van der Waals surface area contributed by atoms with E-state index in [1.54, 1.807) is 13.0 Å². The van der Waals surface area contributed by atoms with Crippen molar-refractivity contribution < 1.29 is 4.79 Å². The molecule has 0 saturated carbocycles. The van der Waals surface area contributed by atoms with Crippen molar-refractivity contribution in [2.75, 3.05) is 5.32 Å². The summed E-state index contributed by atoms with van der Waals surface area (Å²) in [5.74, 6) is -0.133. The molecule has 0 aliphatic carbocycles. The Morgan fingerprint density at radius 1 is 1.56 bits per heavy atom. The van der Waals surface area contributed by atoms with Crippen LogP contribution in [0.1, 0.15) is 13.3 Å². The van der Waals surface area contributed by atoms with Crippen molar-refractivity contribution in [2.24, 2.45) is 0 Å². The highest BCUT2D eigenvalue weighted by atomic mass is 35.5. The lowest BCUT2D eigenvalue weighted by atomic mass is 10.3. The number of carbonyl (C=O) groups excluding carboxylic acids is 1. The Hall–Kier alpha value is -1.24. The molecule has 1 amide bonds. The standard InChI is InChI=1S/C11H10ClN3OS2/c1-2-8(16)13-10(17)15-11-14-9-6(12)4-3-5-7(9)18-11/h3-5H,2H2,1H3,(H2,13,14,15,16,17). The Bertz CT molecular complexity index is 611. The first kappa shape index (κ1) is 13.2. The van der Waals surface area contributed by atoms with Crippen LogP contribution in [-0.4, -0.2) is 16.0 Å². The number of rotatable bonds is 2. The molecule has 7 heteroatoms. The molecule has 0 radical (unpaired) electrons. The van der Waals surface area contributed by atoms with Gasteiger partial charge in [0, 0.05) is 6.42 Å². The van der Waals surface area contributed by atoms with Crippen molar-refractivity contribution in [3.8, 4) is 0 Å². The fourth-order valence-corrected chi connectivity index (χ4v) is 2.76. The highest BCUT2D eigenvalue weighted by Gasteiger charge is 2.08. The number of para-hydroxylation sites is 1. The van der Waals surface area contributed by atoms with Crippen LogP contribution in [0.4, 0.5) is 5.13 Å². The molecule has 2 rings (SSSR count). The van der Waals surface area contributed by atoms with Crippen LogP contribution in [0, 0.1) is 0 Å². The molecule has 0 saturated heterocycles. The topological polar surface area (TPSA) is 54.0 Å². The molecule has 0 aliphatic rings. The largest absolute Gasteiger partial charge is 0.308 e. The molecule has 2 N–H and O–H groups in total. The van der Waals surface area contributed by atoms with E-state index in [1.807, 2.05) is 12.1 Å². The van der Waals surface area contributed by atoms with Gasteiger partial charge in [-0.05, 0) is 24.4 Å². The molecular formula is C11H10ClN3OS2. The van der Waals surface area contributed by atoms with E-state index >= 15 is 0 Å². The van der Waals surface area contributed by atoms with Crippen molar-refractivity contribution >= 4 is 61.5 Å².